The molecule has 0 amide bonds. The maximum atomic E-state index is 5.81. The molecule has 1 rings (SSSR count). The van der Waals surface area contributed by atoms with Gasteiger partial charge in [-0.2, -0.15) is 0 Å². The van der Waals surface area contributed by atoms with Crippen LogP contribution in [0.2, 0.25) is 0 Å². The van der Waals surface area contributed by atoms with Crippen LogP contribution in [-0.2, 0) is 0 Å². The predicted molar refractivity (Wildman–Crippen MR) is 58.7 cm³/mol. The van der Waals surface area contributed by atoms with Crippen molar-refractivity contribution in [2.75, 3.05) is 6.54 Å². The number of nitrogens with two attached hydrogens (primary N) is 1. The van der Waals surface area contributed by atoms with Crippen LogP contribution in [0.3, 0.4) is 0 Å². The Morgan fingerprint density at radius 2 is 1.77 bits per heavy atom. The molecule has 0 atom stereocenters. The zero-order valence-electron chi connectivity index (χ0n) is 9.15. The van der Waals surface area contributed by atoms with Crippen LogP contribution >= 0.6 is 0 Å². The van der Waals surface area contributed by atoms with Crippen LogP contribution in [-0.4, -0.2) is 6.54 Å². The molecule has 0 unspecified atom stereocenters. The van der Waals surface area contributed by atoms with Crippen molar-refractivity contribution in [3.8, 4) is 0 Å². The summed E-state index contributed by atoms with van der Waals surface area (Å²) in [6, 6.07) is 0. The molecule has 0 heterocycles. The fraction of sp³-hybridized carbons (Fsp3) is 1.00. The van der Waals surface area contributed by atoms with Gasteiger partial charge in [-0.15, -0.1) is 0 Å². The average Bonchev–Trinajstić information content (AvgIpc) is 2.09. The van der Waals surface area contributed by atoms with E-state index in [-0.39, 0.29) is 0 Å². The third-order valence-electron chi connectivity index (χ3n) is 3.66. The third-order valence-corrected chi connectivity index (χ3v) is 3.66. The van der Waals surface area contributed by atoms with Gasteiger partial charge >= 0.3 is 0 Å². The van der Waals surface area contributed by atoms with Gasteiger partial charge < -0.3 is 5.73 Å². The first-order valence-corrected chi connectivity index (χ1v) is 6.03. The molecule has 1 saturated carbocycles. The van der Waals surface area contributed by atoms with Crippen LogP contribution in [0.4, 0.5) is 0 Å². The van der Waals surface area contributed by atoms with Crippen LogP contribution < -0.4 is 5.73 Å². The lowest BCUT2D eigenvalue weighted by Gasteiger charge is -2.41. The average molecular weight is 183 g/mol. The van der Waals surface area contributed by atoms with Gasteiger partial charge in [0.05, 0.1) is 0 Å². The first kappa shape index (κ1) is 11.0. The van der Waals surface area contributed by atoms with E-state index in [1.54, 1.807) is 0 Å². The fourth-order valence-corrected chi connectivity index (χ4v) is 2.34. The highest BCUT2D eigenvalue weighted by Gasteiger charge is 2.34. The van der Waals surface area contributed by atoms with Gasteiger partial charge in [0.2, 0.25) is 0 Å². The lowest BCUT2D eigenvalue weighted by Crippen LogP contribution is -2.37. The second-order valence-corrected chi connectivity index (χ2v) is 4.72. The minimum Gasteiger partial charge on any atom is -0.330 e. The summed E-state index contributed by atoms with van der Waals surface area (Å²) in [7, 11) is 0. The van der Waals surface area contributed by atoms with Gasteiger partial charge in [-0.3, -0.25) is 0 Å². The van der Waals surface area contributed by atoms with Crippen molar-refractivity contribution in [2.24, 2.45) is 11.1 Å². The van der Waals surface area contributed by atoms with Gasteiger partial charge in [0, 0.05) is 0 Å². The Morgan fingerprint density at radius 1 is 1.08 bits per heavy atom. The Labute approximate surface area is 83.1 Å². The molecule has 0 aromatic rings. The van der Waals surface area contributed by atoms with Crippen molar-refractivity contribution < 1.29 is 0 Å². The van der Waals surface area contributed by atoms with E-state index >= 15 is 0 Å². The summed E-state index contributed by atoms with van der Waals surface area (Å²) < 4.78 is 0. The second-order valence-electron chi connectivity index (χ2n) is 4.72. The molecule has 1 aliphatic carbocycles. The van der Waals surface area contributed by atoms with E-state index in [4.69, 9.17) is 5.73 Å². The van der Waals surface area contributed by atoms with Crippen LogP contribution in [0.1, 0.15) is 64.7 Å². The summed E-state index contributed by atoms with van der Waals surface area (Å²) in [5.41, 5.74) is 6.40. The molecule has 0 aliphatic heterocycles. The van der Waals surface area contributed by atoms with Crippen molar-refractivity contribution >= 4 is 0 Å². The van der Waals surface area contributed by atoms with Crippen molar-refractivity contribution in [2.45, 2.75) is 64.7 Å². The Kier molecular flexibility index (Phi) is 4.79. The first-order chi connectivity index (χ1) is 6.33. The van der Waals surface area contributed by atoms with Gasteiger partial charge in [-0.1, -0.05) is 45.4 Å². The minimum atomic E-state index is 0.589. The lowest BCUT2D eigenvalue weighted by molar-refractivity contribution is 0.126. The zero-order valence-corrected chi connectivity index (χ0v) is 9.15. The van der Waals surface area contributed by atoms with Crippen LogP contribution in [0.25, 0.3) is 0 Å². The van der Waals surface area contributed by atoms with E-state index in [2.05, 4.69) is 6.92 Å². The third kappa shape index (κ3) is 3.30. The molecule has 13 heavy (non-hydrogen) atoms. The molecule has 1 heteroatoms. The molecule has 78 valence electrons. The Hall–Kier alpha value is -0.0400. The number of rotatable bonds is 7. The normalized spacial score (nSPS) is 19.8. The summed E-state index contributed by atoms with van der Waals surface area (Å²) in [6.07, 6.45) is 12.6. The number of unbranched alkanes of at least 4 members (excludes halogenated alkanes) is 4. The highest BCUT2D eigenvalue weighted by Crippen LogP contribution is 2.44. The van der Waals surface area contributed by atoms with E-state index in [1.165, 1.54) is 57.8 Å². The number of hydrogen-bond acceptors (Lipinski definition) is 1. The first-order valence-electron chi connectivity index (χ1n) is 6.03. The lowest BCUT2D eigenvalue weighted by atomic mass is 9.66. The molecular formula is C12H25N. The summed E-state index contributed by atoms with van der Waals surface area (Å²) >= 11 is 0. The standard InChI is InChI=1S/C12H25N/c1-2-3-4-5-6-8-12(11-13)9-7-10-12/h2-11,13H2,1H3. The van der Waals surface area contributed by atoms with Gasteiger partial charge in [-0.25, -0.2) is 0 Å². The Balaban J connectivity index is 1.98. The molecule has 0 bridgehead atoms. The van der Waals surface area contributed by atoms with Gasteiger partial charge in [0.25, 0.3) is 0 Å². The largest absolute Gasteiger partial charge is 0.330 e. The Morgan fingerprint density at radius 3 is 2.23 bits per heavy atom. The highest BCUT2D eigenvalue weighted by atomic mass is 14.6. The quantitative estimate of drug-likeness (QED) is 0.601. The topological polar surface area (TPSA) is 26.0 Å². The smallest absolute Gasteiger partial charge is 0.00205 e. The predicted octanol–water partition coefficient (Wildman–Crippen LogP) is 3.48. The van der Waals surface area contributed by atoms with E-state index in [0.717, 1.165) is 6.54 Å². The summed E-state index contributed by atoms with van der Waals surface area (Å²) in [5, 5.41) is 0. The summed E-state index contributed by atoms with van der Waals surface area (Å²) in [6.45, 7) is 3.20. The molecule has 1 nitrogen and oxygen atoms in total. The van der Waals surface area contributed by atoms with E-state index in [0.29, 0.717) is 5.41 Å². The maximum Gasteiger partial charge on any atom is -0.00205 e. The zero-order chi connectivity index (χ0) is 9.57. The van der Waals surface area contributed by atoms with Crippen molar-refractivity contribution in [1.82, 2.24) is 0 Å². The molecule has 1 aliphatic rings. The Bertz CT molecular complexity index is 122. The molecule has 0 radical (unpaired) electrons. The fourth-order valence-electron chi connectivity index (χ4n) is 2.34. The van der Waals surface area contributed by atoms with Crippen LogP contribution in [0.5, 0.6) is 0 Å². The van der Waals surface area contributed by atoms with Crippen molar-refractivity contribution in [3.05, 3.63) is 0 Å². The molecule has 1 fully saturated rings. The monoisotopic (exact) mass is 183 g/mol. The summed E-state index contributed by atoms with van der Waals surface area (Å²) in [5.74, 6) is 0. The summed E-state index contributed by atoms with van der Waals surface area (Å²) in [4.78, 5) is 0. The molecule has 0 spiro atoms. The van der Waals surface area contributed by atoms with E-state index < -0.39 is 0 Å². The van der Waals surface area contributed by atoms with E-state index in [1.807, 2.05) is 0 Å². The SMILES string of the molecule is CCCCCCCC1(CN)CCC1. The molecule has 0 aromatic heterocycles. The highest BCUT2D eigenvalue weighted by molar-refractivity contribution is 4.88. The van der Waals surface area contributed by atoms with E-state index in [9.17, 15) is 0 Å². The van der Waals surface area contributed by atoms with Crippen LogP contribution in [0, 0.1) is 5.41 Å². The van der Waals surface area contributed by atoms with Crippen molar-refractivity contribution in [1.29, 1.82) is 0 Å². The van der Waals surface area contributed by atoms with Gasteiger partial charge in [0.1, 0.15) is 0 Å². The minimum absolute atomic E-state index is 0.589. The maximum absolute atomic E-state index is 5.81. The van der Waals surface area contributed by atoms with Crippen molar-refractivity contribution in [3.63, 3.8) is 0 Å². The second kappa shape index (κ2) is 5.64. The molecule has 2 N–H and O–H groups in total. The molecular weight excluding hydrogens is 158 g/mol. The van der Waals surface area contributed by atoms with Crippen LogP contribution in [0.15, 0.2) is 0 Å². The van der Waals surface area contributed by atoms with Gasteiger partial charge in [-0.05, 0) is 31.2 Å². The number of hydrogen-bond donors (Lipinski definition) is 1. The molecule has 0 saturated heterocycles. The molecule has 0 aromatic carbocycles. The van der Waals surface area contributed by atoms with Gasteiger partial charge in [0.15, 0.2) is 0 Å².